The van der Waals surface area contributed by atoms with E-state index < -0.39 is 0 Å². The third kappa shape index (κ3) is 4.27. The van der Waals surface area contributed by atoms with Gasteiger partial charge in [-0.3, -0.25) is 4.79 Å². The highest BCUT2D eigenvalue weighted by Gasteiger charge is 2.30. The first-order chi connectivity index (χ1) is 14.2. The summed E-state index contributed by atoms with van der Waals surface area (Å²) in [5.41, 5.74) is 3.42. The molecule has 1 atom stereocenters. The lowest BCUT2D eigenvalue weighted by molar-refractivity contribution is -0.160. The van der Waals surface area contributed by atoms with Gasteiger partial charge in [0.2, 0.25) is 0 Å². The summed E-state index contributed by atoms with van der Waals surface area (Å²) in [6.45, 7) is 4.57. The Morgan fingerprint density at radius 1 is 1.07 bits per heavy atom. The number of nitrogens with zero attached hydrogens (tertiary/aromatic N) is 2. The first kappa shape index (κ1) is 20.2. The van der Waals surface area contributed by atoms with E-state index in [4.69, 9.17) is 21.1 Å². The molecule has 0 saturated carbocycles. The Morgan fingerprint density at radius 2 is 1.93 bits per heavy atom. The number of rotatable bonds is 6. The van der Waals surface area contributed by atoms with E-state index in [2.05, 4.69) is 11.8 Å². The standard InChI is InChI=1S/C23H27ClN2O3/c1-2-12-25-19-8-4-3-7-18(19)23(27)26(20-11-10-17(24)16-21(20)25)13-15-29-22-9-5-6-14-28-22/h3-4,7-8,10-11,16,22H,2,5-6,9,12-15H2,1H3. The lowest BCUT2D eigenvalue weighted by atomic mass is 10.1. The largest absolute Gasteiger partial charge is 0.353 e. The highest BCUT2D eigenvalue weighted by atomic mass is 35.5. The smallest absolute Gasteiger partial charge is 0.260 e. The number of ether oxygens (including phenoxy) is 2. The van der Waals surface area contributed by atoms with Crippen LogP contribution in [0.5, 0.6) is 0 Å². The van der Waals surface area contributed by atoms with Crippen LogP contribution in [-0.4, -0.2) is 38.5 Å². The van der Waals surface area contributed by atoms with E-state index >= 15 is 0 Å². The number of carbonyl (C=O) groups excluding carboxylic acids is 1. The molecule has 1 fully saturated rings. The van der Waals surface area contributed by atoms with Crippen LogP contribution in [0.25, 0.3) is 0 Å². The van der Waals surface area contributed by atoms with Gasteiger partial charge in [-0.1, -0.05) is 30.7 Å². The number of amides is 1. The Morgan fingerprint density at radius 3 is 2.72 bits per heavy atom. The molecule has 4 rings (SSSR count). The summed E-state index contributed by atoms with van der Waals surface area (Å²) in [7, 11) is 0. The second-order valence-electron chi connectivity index (χ2n) is 7.43. The number of carbonyl (C=O) groups is 1. The predicted octanol–water partition coefficient (Wildman–Crippen LogP) is 5.39. The summed E-state index contributed by atoms with van der Waals surface area (Å²) in [5, 5.41) is 0.656. The third-order valence-corrected chi connectivity index (χ3v) is 5.63. The van der Waals surface area contributed by atoms with E-state index in [1.165, 1.54) is 0 Å². The quantitative estimate of drug-likeness (QED) is 0.635. The van der Waals surface area contributed by atoms with Crippen LogP contribution in [0, 0.1) is 0 Å². The number of benzene rings is 2. The summed E-state index contributed by atoms with van der Waals surface area (Å²) in [5.74, 6) is -0.0176. The van der Waals surface area contributed by atoms with Crippen LogP contribution < -0.4 is 9.80 Å². The lowest BCUT2D eigenvalue weighted by Gasteiger charge is -2.28. The van der Waals surface area contributed by atoms with E-state index in [0.717, 1.165) is 55.9 Å². The molecule has 1 amide bonds. The molecule has 2 aliphatic heterocycles. The van der Waals surface area contributed by atoms with Crippen LogP contribution in [0.4, 0.5) is 17.1 Å². The lowest BCUT2D eigenvalue weighted by Crippen LogP contribution is -2.35. The van der Waals surface area contributed by atoms with E-state index in [0.29, 0.717) is 23.7 Å². The van der Waals surface area contributed by atoms with Crippen LogP contribution in [-0.2, 0) is 9.47 Å². The minimum Gasteiger partial charge on any atom is -0.353 e. The molecule has 1 unspecified atom stereocenters. The van der Waals surface area contributed by atoms with Gasteiger partial charge in [0, 0.05) is 24.7 Å². The van der Waals surface area contributed by atoms with Gasteiger partial charge < -0.3 is 19.3 Å². The molecule has 154 valence electrons. The van der Waals surface area contributed by atoms with Gasteiger partial charge in [-0.05, 0) is 56.0 Å². The van der Waals surface area contributed by atoms with Crippen molar-refractivity contribution >= 4 is 34.6 Å². The van der Waals surface area contributed by atoms with Gasteiger partial charge in [0.15, 0.2) is 6.29 Å². The number of hydrogen-bond acceptors (Lipinski definition) is 4. The highest BCUT2D eigenvalue weighted by molar-refractivity contribution is 6.31. The summed E-state index contributed by atoms with van der Waals surface area (Å²) >= 11 is 6.34. The van der Waals surface area contributed by atoms with Gasteiger partial charge in [0.1, 0.15) is 0 Å². The second-order valence-corrected chi connectivity index (χ2v) is 7.86. The van der Waals surface area contributed by atoms with Gasteiger partial charge in [-0.2, -0.15) is 0 Å². The predicted molar refractivity (Wildman–Crippen MR) is 116 cm³/mol. The first-order valence-electron chi connectivity index (χ1n) is 10.4. The Labute approximate surface area is 177 Å². The molecular weight excluding hydrogens is 388 g/mol. The zero-order valence-corrected chi connectivity index (χ0v) is 17.5. The molecule has 0 aliphatic carbocycles. The molecule has 0 N–H and O–H groups in total. The van der Waals surface area contributed by atoms with Gasteiger partial charge in [0.05, 0.1) is 29.2 Å². The molecule has 2 aromatic carbocycles. The molecule has 6 heteroatoms. The van der Waals surface area contributed by atoms with Crippen LogP contribution in [0.15, 0.2) is 42.5 Å². The highest BCUT2D eigenvalue weighted by Crippen LogP contribution is 2.42. The van der Waals surface area contributed by atoms with E-state index in [9.17, 15) is 4.79 Å². The first-order valence-corrected chi connectivity index (χ1v) is 10.8. The van der Waals surface area contributed by atoms with Crippen molar-refractivity contribution in [3.8, 4) is 0 Å². The van der Waals surface area contributed by atoms with Crippen molar-refractivity contribution in [1.82, 2.24) is 0 Å². The Kier molecular flexibility index (Phi) is 6.38. The molecule has 1 saturated heterocycles. The minimum atomic E-state index is -0.167. The average molecular weight is 415 g/mol. The fraction of sp³-hybridized carbons (Fsp3) is 0.435. The molecule has 0 spiro atoms. The number of hydrogen-bond donors (Lipinski definition) is 0. The van der Waals surface area contributed by atoms with Crippen LogP contribution >= 0.6 is 11.6 Å². The monoisotopic (exact) mass is 414 g/mol. The molecule has 5 nitrogen and oxygen atoms in total. The topological polar surface area (TPSA) is 42.0 Å². The van der Waals surface area contributed by atoms with Crippen molar-refractivity contribution in [2.75, 3.05) is 36.1 Å². The van der Waals surface area contributed by atoms with Crippen molar-refractivity contribution in [2.45, 2.75) is 38.9 Å². The Balaban J connectivity index is 1.67. The van der Waals surface area contributed by atoms with Crippen LogP contribution in [0.3, 0.4) is 0 Å². The molecule has 2 aromatic rings. The van der Waals surface area contributed by atoms with Crippen molar-refractivity contribution < 1.29 is 14.3 Å². The SMILES string of the molecule is CCCN1c2ccccc2C(=O)N(CCOC2CCCCO2)c2ccc(Cl)cc21. The van der Waals surface area contributed by atoms with Gasteiger partial charge >= 0.3 is 0 Å². The number of halogens is 1. The summed E-state index contributed by atoms with van der Waals surface area (Å²) in [4.78, 5) is 17.5. The number of fused-ring (bicyclic) bond motifs is 2. The maximum Gasteiger partial charge on any atom is 0.260 e. The molecule has 2 aliphatic rings. The van der Waals surface area contributed by atoms with E-state index in [1.807, 2.05) is 47.4 Å². The molecule has 0 aromatic heterocycles. The van der Waals surface area contributed by atoms with Crippen LogP contribution in [0.2, 0.25) is 5.02 Å². The molecule has 2 heterocycles. The van der Waals surface area contributed by atoms with E-state index in [1.54, 1.807) is 0 Å². The van der Waals surface area contributed by atoms with E-state index in [-0.39, 0.29) is 12.2 Å². The van der Waals surface area contributed by atoms with Crippen molar-refractivity contribution in [3.05, 3.63) is 53.1 Å². The second kappa shape index (κ2) is 9.16. The van der Waals surface area contributed by atoms with Crippen molar-refractivity contribution in [1.29, 1.82) is 0 Å². The Bertz CT molecular complexity index is 867. The molecule has 0 radical (unpaired) electrons. The fourth-order valence-electron chi connectivity index (χ4n) is 4.02. The maximum atomic E-state index is 13.5. The molecule has 0 bridgehead atoms. The summed E-state index contributed by atoms with van der Waals surface area (Å²) < 4.78 is 11.6. The van der Waals surface area contributed by atoms with Gasteiger partial charge in [0.25, 0.3) is 5.91 Å². The average Bonchev–Trinajstić information content (AvgIpc) is 2.84. The Hall–Kier alpha value is -2.08. The van der Waals surface area contributed by atoms with Gasteiger partial charge in [-0.25, -0.2) is 0 Å². The number of para-hydroxylation sites is 1. The third-order valence-electron chi connectivity index (χ3n) is 5.39. The normalized spacial score (nSPS) is 19.0. The molecule has 29 heavy (non-hydrogen) atoms. The maximum absolute atomic E-state index is 13.5. The summed E-state index contributed by atoms with van der Waals surface area (Å²) in [6, 6.07) is 13.5. The minimum absolute atomic E-state index is 0.0176. The van der Waals surface area contributed by atoms with Crippen LogP contribution in [0.1, 0.15) is 43.0 Å². The zero-order chi connectivity index (χ0) is 20.2. The van der Waals surface area contributed by atoms with Crippen molar-refractivity contribution in [2.24, 2.45) is 0 Å². The zero-order valence-electron chi connectivity index (χ0n) is 16.8. The fourth-order valence-corrected chi connectivity index (χ4v) is 4.19. The summed E-state index contributed by atoms with van der Waals surface area (Å²) in [6.07, 6.45) is 3.90. The number of anilines is 3. The molecular formula is C23H27ClN2O3. The van der Waals surface area contributed by atoms with Crippen molar-refractivity contribution in [3.63, 3.8) is 0 Å². The van der Waals surface area contributed by atoms with Gasteiger partial charge in [-0.15, -0.1) is 0 Å².